The predicted molar refractivity (Wildman–Crippen MR) is 81.0 cm³/mol. The number of hydrogen-bond donors (Lipinski definition) is 1. The lowest BCUT2D eigenvalue weighted by Crippen LogP contribution is -2.53. The fraction of sp³-hybridized carbons (Fsp3) is 0.875. The number of likely N-dealkylation sites (tertiary alicyclic amines) is 2. The Balaban J connectivity index is 1.97. The second-order valence-electron chi connectivity index (χ2n) is 7.09. The molecule has 2 aliphatic rings. The van der Waals surface area contributed by atoms with Crippen LogP contribution in [0.4, 0.5) is 0 Å². The van der Waals surface area contributed by atoms with Gasteiger partial charge in [0.15, 0.2) is 0 Å². The Hall–Kier alpha value is -1.10. The summed E-state index contributed by atoms with van der Waals surface area (Å²) >= 11 is 0. The number of nitrogens with zero attached hydrogens (tertiary/aromatic N) is 2. The summed E-state index contributed by atoms with van der Waals surface area (Å²) in [5.41, 5.74) is -0.672. The molecule has 2 saturated heterocycles. The number of aliphatic carboxylic acids is 1. The van der Waals surface area contributed by atoms with Gasteiger partial charge in [0.1, 0.15) is 0 Å². The van der Waals surface area contributed by atoms with Crippen LogP contribution in [0.15, 0.2) is 0 Å². The zero-order valence-corrected chi connectivity index (χ0v) is 13.6. The van der Waals surface area contributed by atoms with Crippen LogP contribution < -0.4 is 0 Å². The van der Waals surface area contributed by atoms with Crippen molar-refractivity contribution in [2.45, 2.75) is 71.5 Å². The van der Waals surface area contributed by atoms with Crippen LogP contribution in [0.5, 0.6) is 0 Å². The minimum atomic E-state index is -0.746. The number of hydrogen-bond acceptors (Lipinski definition) is 3. The highest BCUT2D eigenvalue weighted by Crippen LogP contribution is 2.32. The summed E-state index contributed by atoms with van der Waals surface area (Å²) in [5.74, 6) is -0.590. The van der Waals surface area contributed by atoms with Crippen LogP contribution in [-0.2, 0) is 9.59 Å². The van der Waals surface area contributed by atoms with E-state index in [9.17, 15) is 14.7 Å². The number of carboxylic acid groups (broad SMARTS) is 1. The quantitative estimate of drug-likeness (QED) is 0.865. The topological polar surface area (TPSA) is 60.9 Å². The molecule has 0 aromatic heterocycles. The first-order valence-electron chi connectivity index (χ1n) is 8.06. The van der Waals surface area contributed by atoms with Crippen molar-refractivity contribution in [2.24, 2.45) is 5.41 Å². The number of piperidine rings is 1. The average Bonchev–Trinajstić information content (AvgIpc) is 2.77. The summed E-state index contributed by atoms with van der Waals surface area (Å²) < 4.78 is 0. The first kappa shape index (κ1) is 16.3. The summed E-state index contributed by atoms with van der Waals surface area (Å²) in [6.45, 7) is 9.26. The molecule has 0 bridgehead atoms. The SMILES string of the molecule is CC1CCC(C)N1C(C)C(=O)N1CCC(C)(C(=O)O)CC1. The number of amides is 1. The van der Waals surface area contributed by atoms with E-state index in [2.05, 4.69) is 18.7 Å². The molecule has 120 valence electrons. The van der Waals surface area contributed by atoms with Gasteiger partial charge in [-0.3, -0.25) is 14.5 Å². The maximum Gasteiger partial charge on any atom is 0.309 e. The van der Waals surface area contributed by atoms with Gasteiger partial charge in [0.25, 0.3) is 0 Å². The van der Waals surface area contributed by atoms with Crippen molar-refractivity contribution in [1.29, 1.82) is 0 Å². The van der Waals surface area contributed by atoms with Crippen molar-refractivity contribution in [3.05, 3.63) is 0 Å². The highest BCUT2D eigenvalue weighted by molar-refractivity contribution is 5.82. The molecule has 3 unspecified atom stereocenters. The molecule has 2 aliphatic heterocycles. The maximum atomic E-state index is 12.7. The van der Waals surface area contributed by atoms with Crippen LogP contribution in [0, 0.1) is 5.41 Å². The molecule has 0 radical (unpaired) electrons. The monoisotopic (exact) mass is 296 g/mol. The molecule has 3 atom stereocenters. The highest BCUT2D eigenvalue weighted by Gasteiger charge is 2.41. The number of carbonyl (C=O) groups is 2. The van der Waals surface area contributed by atoms with Crippen LogP contribution in [-0.4, -0.2) is 58.0 Å². The number of carbonyl (C=O) groups excluding carboxylic acids is 1. The van der Waals surface area contributed by atoms with Crippen LogP contribution in [0.2, 0.25) is 0 Å². The predicted octanol–water partition coefficient (Wildman–Crippen LogP) is 1.96. The summed E-state index contributed by atoms with van der Waals surface area (Å²) in [5, 5.41) is 9.26. The van der Waals surface area contributed by atoms with Crippen molar-refractivity contribution in [3.63, 3.8) is 0 Å². The average molecular weight is 296 g/mol. The smallest absolute Gasteiger partial charge is 0.309 e. The van der Waals surface area contributed by atoms with Gasteiger partial charge in [0.05, 0.1) is 11.5 Å². The molecule has 0 aliphatic carbocycles. The van der Waals surface area contributed by atoms with Crippen LogP contribution in [0.3, 0.4) is 0 Å². The summed E-state index contributed by atoms with van der Waals surface area (Å²) in [6.07, 6.45) is 3.39. The van der Waals surface area contributed by atoms with E-state index in [0.29, 0.717) is 38.0 Å². The van der Waals surface area contributed by atoms with Gasteiger partial charge in [-0.1, -0.05) is 0 Å². The summed E-state index contributed by atoms with van der Waals surface area (Å²) in [7, 11) is 0. The van der Waals surface area contributed by atoms with E-state index in [1.54, 1.807) is 6.92 Å². The Morgan fingerprint density at radius 3 is 2.05 bits per heavy atom. The molecule has 2 heterocycles. The molecule has 0 aromatic rings. The molecule has 2 fully saturated rings. The Labute approximate surface area is 127 Å². The van der Waals surface area contributed by atoms with Gasteiger partial charge in [0.2, 0.25) is 5.91 Å². The van der Waals surface area contributed by atoms with Gasteiger partial charge in [-0.25, -0.2) is 0 Å². The van der Waals surface area contributed by atoms with Gasteiger partial charge in [-0.2, -0.15) is 0 Å². The van der Waals surface area contributed by atoms with Crippen molar-refractivity contribution in [2.75, 3.05) is 13.1 Å². The molecule has 2 rings (SSSR count). The third kappa shape index (κ3) is 3.07. The van der Waals surface area contributed by atoms with E-state index in [-0.39, 0.29) is 11.9 Å². The van der Waals surface area contributed by atoms with E-state index >= 15 is 0 Å². The van der Waals surface area contributed by atoms with Crippen LogP contribution in [0.1, 0.15) is 53.4 Å². The zero-order chi connectivity index (χ0) is 15.8. The van der Waals surface area contributed by atoms with E-state index < -0.39 is 11.4 Å². The van der Waals surface area contributed by atoms with Gasteiger partial charge in [-0.05, 0) is 53.4 Å². The second-order valence-corrected chi connectivity index (χ2v) is 7.09. The second kappa shape index (κ2) is 5.95. The lowest BCUT2D eigenvalue weighted by atomic mass is 9.80. The fourth-order valence-corrected chi connectivity index (χ4v) is 3.80. The normalized spacial score (nSPS) is 31.1. The standard InChI is InChI=1S/C16H28N2O3/c1-11-5-6-12(2)18(11)13(3)14(19)17-9-7-16(4,8-10-17)15(20)21/h11-13H,5-10H2,1-4H3,(H,20,21). The van der Waals surface area contributed by atoms with Crippen LogP contribution >= 0.6 is 0 Å². The van der Waals surface area contributed by atoms with Crippen LogP contribution in [0.25, 0.3) is 0 Å². The Kier molecular flexibility index (Phi) is 4.61. The van der Waals surface area contributed by atoms with E-state index in [0.717, 1.165) is 12.8 Å². The molecular weight excluding hydrogens is 268 g/mol. The van der Waals surface area contributed by atoms with Crippen molar-refractivity contribution in [3.8, 4) is 0 Å². The lowest BCUT2D eigenvalue weighted by molar-refractivity contribution is -0.154. The molecule has 0 spiro atoms. The summed E-state index contributed by atoms with van der Waals surface area (Å²) in [6, 6.07) is 0.799. The Bertz CT molecular complexity index is 406. The minimum Gasteiger partial charge on any atom is -0.481 e. The van der Waals surface area contributed by atoms with E-state index in [1.807, 2.05) is 11.8 Å². The number of carboxylic acids is 1. The Morgan fingerprint density at radius 2 is 1.62 bits per heavy atom. The van der Waals surface area contributed by atoms with Crippen molar-refractivity contribution < 1.29 is 14.7 Å². The molecule has 0 saturated carbocycles. The molecular formula is C16H28N2O3. The van der Waals surface area contributed by atoms with E-state index in [4.69, 9.17) is 0 Å². The maximum absolute atomic E-state index is 12.7. The van der Waals surface area contributed by atoms with Crippen molar-refractivity contribution in [1.82, 2.24) is 9.80 Å². The highest BCUT2D eigenvalue weighted by atomic mass is 16.4. The molecule has 1 amide bonds. The Morgan fingerprint density at radius 1 is 1.14 bits per heavy atom. The minimum absolute atomic E-state index is 0.105. The third-order valence-electron chi connectivity index (χ3n) is 5.52. The molecule has 5 nitrogen and oxygen atoms in total. The molecule has 1 N–H and O–H groups in total. The lowest BCUT2D eigenvalue weighted by Gasteiger charge is -2.40. The van der Waals surface area contributed by atoms with Gasteiger partial charge in [0, 0.05) is 25.2 Å². The van der Waals surface area contributed by atoms with Gasteiger partial charge < -0.3 is 10.0 Å². The molecule has 21 heavy (non-hydrogen) atoms. The first-order chi connectivity index (χ1) is 9.76. The largest absolute Gasteiger partial charge is 0.481 e. The molecule has 5 heteroatoms. The third-order valence-corrected chi connectivity index (χ3v) is 5.52. The first-order valence-corrected chi connectivity index (χ1v) is 8.06. The van der Waals surface area contributed by atoms with Crippen molar-refractivity contribution >= 4 is 11.9 Å². The fourth-order valence-electron chi connectivity index (χ4n) is 3.80. The molecule has 0 aromatic carbocycles. The van der Waals surface area contributed by atoms with E-state index in [1.165, 1.54) is 0 Å². The zero-order valence-electron chi connectivity index (χ0n) is 13.6. The number of rotatable bonds is 3. The van der Waals surface area contributed by atoms with Gasteiger partial charge in [-0.15, -0.1) is 0 Å². The van der Waals surface area contributed by atoms with Gasteiger partial charge >= 0.3 is 5.97 Å². The summed E-state index contributed by atoms with van der Waals surface area (Å²) in [4.78, 5) is 28.1.